The van der Waals surface area contributed by atoms with Gasteiger partial charge in [0.1, 0.15) is 5.75 Å². The number of hydrogen-bond acceptors (Lipinski definition) is 4. The molecule has 0 aliphatic heterocycles. The van der Waals surface area contributed by atoms with Crippen LogP contribution in [-0.2, 0) is 5.75 Å². The standard InChI is InChI=1S/C11H18N2OS/c1-8(12)6-15-7-10-5-11(14-3)4-9(2)13-10/h4-5,8H,6-7,12H2,1-3H3. The Balaban J connectivity index is 2.56. The van der Waals surface area contributed by atoms with Crippen molar-refractivity contribution >= 4 is 11.8 Å². The minimum absolute atomic E-state index is 0.238. The van der Waals surface area contributed by atoms with Gasteiger partial charge in [-0.3, -0.25) is 4.98 Å². The average Bonchev–Trinajstić information content (AvgIpc) is 2.16. The van der Waals surface area contributed by atoms with Crippen molar-refractivity contribution in [2.75, 3.05) is 12.9 Å². The summed E-state index contributed by atoms with van der Waals surface area (Å²) in [7, 11) is 1.67. The van der Waals surface area contributed by atoms with Gasteiger partial charge in [-0.25, -0.2) is 0 Å². The Kier molecular flexibility index (Phi) is 4.91. The van der Waals surface area contributed by atoms with Gasteiger partial charge >= 0.3 is 0 Å². The molecule has 4 heteroatoms. The summed E-state index contributed by atoms with van der Waals surface area (Å²) in [6.45, 7) is 3.99. The second kappa shape index (κ2) is 5.98. The van der Waals surface area contributed by atoms with Gasteiger partial charge in [-0.05, 0) is 13.8 Å². The van der Waals surface area contributed by atoms with E-state index in [1.807, 2.05) is 26.0 Å². The van der Waals surface area contributed by atoms with Crippen LogP contribution in [0.2, 0.25) is 0 Å². The number of methoxy groups -OCH3 is 1. The molecule has 1 aromatic heterocycles. The zero-order valence-corrected chi connectivity index (χ0v) is 10.3. The highest BCUT2D eigenvalue weighted by Gasteiger charge is 2.01. The van der Waals surface area contributed by atoms with Crippen molar-refractivity contribution in [3.8, 4) is 5.75 Å². The monoisotopic (exact) mass is 226 g/mol. The maximum absolute atomic E-state index is 5.68. The van der Waals surface area contributed by atoms with Gasteiger partial charge in [-0.1, -0.05) is 0 Å². The molecule has 0 amide bonds. The fourth-order valence-corrected chi connectivity index (χ4v) is 2.09. The maximum Gasteiger partial charge on any atom is 0.122 e. The van der Waals surface area contributed by atoms with Gasteiger partial charge in [0, 0.05) is 35.4 Å². The number of aromatic nitrogens is 1. The van der Waals surface area contributed by atoms with E-state index in [1.54, 1.807) is 18.9 Å². The van der Waals surface area contributed by atoms with Gasteiger partial charge in [0.2, 0.25) is 0 Å². The van der Waals surface area contributed by atoms with Crippen LogP contribution in [-0.4, -0.2) is 23.9 Å². The van der Waals surface area contributed by atoms with Crippen LogP contribution in [0.5, 0.6) is 5.75 Å². The molecule has 0 saturated carbocycles. The molecular weight excluding hydrogens is 208 g/mol. The molecule has 0 radical (unpaired) electrons. The molecule has 1 heterocycles. The molecule has 84 valence electrons. The number of nitrogens with zero attached hydrogens (tertiary/aromatic N) is 1. The van der Waals surface area contributed by atoms with Crippen molar-refractivity contribution in [2.45, 2.75) is 25.6 Å². The van der Waals surface area contributed by atoms with Crippen LogP contribution in [0, 0.1) is 6.92 Å². The van der Waals surface area contributed by atoms with E-state index < -0.39 is 0 Å². The first kappa shape index (κ1) is 12.3. The molecule has 1 atom stereocenters. The van der Waals surface area contributed by atoms with E-state index >= 15 is 0 Å². The molecular formula is C11H18N2OS. The van der Waals surface area contributed by atoms with E-state index in [0.29, 0.717) is 0 Å². The summed E-state index contributed by atoms with van der Waals surface area (Å²) in [6.07, 6.45) is 0. The summed E-state index contributed by atoms with van der Waals surface area (Å²) in [5.41, 5.74) is 7.72. The van der Waals surface area contributed by atoms with Gasteiger partial charge in [0.15, 0.2) is 0 Å². The zero-order chi connectivity index (χ0) is 11.3. The summed E-state index contributed by atoms with van der Waals surface area (Å²) in [6, 6.07) is 4.14. The van der Waals surface area contributed by atoms with Crippen LogP contribution < -0.4 is 10.5 Å². The largest absolute Gasteiger partial charge is 0.497 e. The summed E-state index contributed by atoms with van der Waals surface area (Å²) in [5.74, 6) is 2.72. The average molecular weight is 226 g/mol. The van der Waals surface area contributed by atoms with Gasteiger partial charge in [0.25, 0.3) is 0 Å². The number of nitrogens with two attached hydrogens (primary N) is 1. The Morgan fingerprint density at radius 3 is 2.87 bits per heavy atom. The summed E-state index contributed by atoms with van der Waals surface area (Å²) in [5, 5.41) is 0. The van der Waals surface area contributed by atoms with Crippen LogP contribution in [0.25, 0.3) is 0 Å². The smallest absolute Gasteiger partial charge is 0.122 e. The molecule has 0 aliphatic carbocycles. The Hall–Kier alpha value is -0.740. The quantitative estimate of drug-likeness (QED) is 0.834. The number of rotatable bonds is 5. The number of hydrogen-bond donors (Lipinski definition) is 1. The molecule has 15 heavy (non-hydrogen) atoms. The normalized spacial score (nSPS) is 12.5. The second-order valence-electron chi connectivity index (χ2n) is 3.63. The van der Waals surface area contributed by atoms with Crippen LogP contribution in [0.3, 0.4) is 0 Å². The zero-order valence-electron chi connectivity index (χ0n) is 9.49. The van der Waals surface area contributed by atoms with Crippen molar-refractivity contribution in [1.82, 2.24) is 4.98 Å². The molecule has 0 saturated heterocycles. The van der Waals surface area contributed by atoms with Gasteiger partial charge in [-0.2, -0.15) is 11.8 Å². The third-order valence-electron chi connectivity index (χ3n) is 1.85. The summed E-state index contributed by atoms with van der Waals surface area (Å²) in [4.78, 5) is 4.44. The fourth-order valence-electron chi connectivity index (χ4n) is 1.24. The van der Waals surface area contributed by atoms with Gasteiger partial charge < -0.3 is 10.5 Å². The van der Waals surface area contributed by atoms with Crippen LogP contribution in [0.1, 0.15) is 18.3 Å². The molecule has 0 fully saturated rings. The molecule has 3 nitrogen and oxygen atoms in total. The molecule has 2 N–H and O–H groups in total. The molecule has 0 spiro atoms. The van der Waals surface area contributed by atoms with E-state index in [1.165, 1.54) is 0 Å². The maximum atomic E-state index is 5.68. The van der Waals surface area contributed by atoms with E-state index in [2.05, 4.69) is 4.98 Å². The Morgan fingerprint density at radius 2 is 2.27 bits per heavy atom. The van der Waals surface area contributed by atoms with Gasteiger partial charge in [-0.15, -0.1) is 0 Å². The van der Waals surface area contributed by atoms with E-state index in [4.69, 9.17) is 10.5 Å². The van der Waals surface area contributed by atoms with Crippen LogP contribution in [0.15, 0.2) is 12.1 Å². The van der Waals surface area contributed by atoms with Crippen LogP contribution >= 0.6 is 11.8 Å². The van der Waals surface area contributed by atoms with Gasteiger partial charge in [0.05, 0.1) is 12.8 Å². The minimum Gasteiger partial charge on any atom is -0.497 e. The second-order valence-corrected chi connectivity index (χ2v) is 4.66. The molecule has 0 bridgehead atoms. The first-order valence-corrected chi connectivity index (χ1v) is 6.12. The predicted octanol–water partition coefficient (Wildman–Crippen LogP) is 1.98. The molecule has 0 aliphatic rings. The van der Waals surface area contributed by atoms with E-state index in [9.17, 15) is 0 Å². The number of aryl methyl sites for hydroxylation is 1. The van der Waals surface area contributed by atoms with Crippen molar-refractivity contribution in [3.05, 3.63) is 23.5 Å². The third kappa shape index (κ3) is 4.53. The van der Waals surface area contributed by atoms with Crippen molar-refractivity contribution in [2.24, 2.45) is 5.73 Å². The highest BCUT2D eigenvalue weighted by atomic mass is 32.2. The third-order valence-corrected chi connectivity index (χ3v) is 3.11. The first-order valence-electron chi connectivity index (χ1n) is 4.96. The van der Waals surface area contributed by atoms with Crippen molar-refractivity contribution in [3.63, 3.8) is 0 Å². The number of ether oxygens (including phenoxy) is 1. The van der Waals surface area contributed by atoms with E-state index in [0.717, 1.165) is 28.6 Å². The van der Waals surface area contributed by atoms with Crippen molar-refractivity contribution in [1.29, 1.82) is 0 Å². The summed E-state index contributed by atoms with van der Waals surface area (Å²) < 4.78 is 5.19. The SMILES string of the molecule is COc1cc(C)nc(CSCC(C)N)c1. The van der Waals surface area contributed by atoms with Crippen LogP contribution in [0.4, 0.5) is 0 Å². The number of pyridine rings is 1. The predicted molar refractivity (Wildman–Crippen MR) is 65.3 cm³/mol. The lowest BCUT2D eigenvalue weighted by atomic mass is 10.3. The molecule has 1 rings (SSSR count). The lowest BCUT2D eigenvalue weighted by Crippen LogP contribution is -2.17. The lowest BCUT2D eigenvalue weighted by molar-refractivity contribution is 0.413. The highest BCUT2D eigenvalue weighted by Crippen LogP contribution is 2.17. The Morgan fingerprint density at radius 1 is 1.53 bits per heavy atom. The minimum atomic E-state index is 0.238. The number of thioether (sulfide) groups is 1. The van der Waals surface area contributed by atoms with E-state index in [-0.39, 0.29) is 6.04 Å². The molecule has 1 unspecified atom stereocenters. The Labute approximate surface area is 95.4 Å². The van der Waals surface area contributed by atoms with Crippen molar-refractivity contribution < 1.29 is 4.74 Å². The first-order chi connectivity index (χ1) is 7.11. The Bertz CT molecular complexity index is 315. The topological polar surface area (TPSA) is 48.1 Å². The lowest BCUT2D eigenvalue weighted by Gasteiger charge is -2.07. The molecule has 1 aromatic rings. The summed E-state index contributed by atoms with van der Waals surface area (Å²) >= 11 is 1.80. The molecule has 0 aromatic carbocycles. The fraction of sp³-hybridized carbons (Fsp3) is 0.545. The highest BCUT2D eigenvalue weighted by molar-refractivity contribution is 7.98.